The topological polar surface area (TPSA) is 65.9 Å². The number of esters is 1. The Bertz CT molecular complexity index is 1440. The zero-order chi connectivity index (χ0) is 24.8. The summed E-state index contributed by atoms with van der Waals surface area (Å²) in [6, 6.07) is 25.9. The molecule has 3 aromatic carbocycles. The van der Waals surface area contributed by atoms with Gasteiger partial charge in [-0.1, -0.05) is 67.1 Å². The second-order valence-corrected chi connectivity index (χ2v) is 8.40. The van der Waals surface area contributed by atoms with Gasteiger partial charge in [0, 0.05) is 33.3 Å². The molecule has 0 amide bonds. The zero-order valence-corrected chi connectivity index (χ0v) is 20.4. The number of aromatic amines is 1. The van der Waals surface area contributed by atoms with Gasteiger partial charge in [0.05, 0.1) is 18.2 Å². The first-order valence-corrected chi connectivity index (χ1v) is 11.9. The second kappa shape index (κ2) is 10.9. The molecular weight excluding hydrogens is 456 g/mol. The number of H-pyrrole nitrogens is 1. The Hall–Kier alpha value is -4.07. The molecule has 0 aliphatic rings. The number of aromatic nitrogens is 1. The number of benzene rings is 3. The number of carbonyl (C=O) groups is 1. The van der Waals surface area contributed by atoms with Gasteiger partial charge in [-0.25, -0.2) is 4.79 Å². The van der Waals surface area contributed by atoms with Crippen molar-refractivity contribution in [1.82, 2.24) is 4.98 Å². The van der Waals surface area contributed by atoms with Gasteiger partial charge in [0.25, 0.3) is 0 Å². The average Bonchev–Trinajstić information content (AvgIpc) is 3.30. The quantitative estimate of drug-likeness (QED) is 0.168. The SMILES string of the molecule is CCOC(=O)/C=C/c1ccc(/C(=C(/CC)c2ccc(C#N)cc2Cl)c2cc3ccccc3[nH]2)cc1. The molecular formula is C30H25ClN2O2. The van der Waals surface area contributed by atoms with Crippen LogP contribution in [-0.2, 0) is 9.53 Å². The third kappa shape index (κ3) is 5.37. The summed E-state index contributed by atoms with van der Waals surface area (Å²) in [6.07, 6.45) is 3.91. The Labute approximate surface area is 210 Å². The van der Waals surface area contributed by atoms with E-state index >= 15 is 0 Å². The summed E-state index contributed by atoms with van der Waals surface area (Å²) in [6.45, 7) is 4.23. The summed E-state index contributed by atoms with van der Waals surface area (Å²) in [5, 5.41) is 10.9. The molecule has 4 nitrogen and oxygen atoms in total. The molecule has 1 aromatic heterocycles. The number of carbonyl (C=O) groups excluding carboxylic acids is 1. The van der Waals surface area contributed by atoms with Crippen LogP contribution in [0.1, 0.15) is 48.2 Å². The van der Waals surface area contributed by atoms with Gasteiger partial charge in [-0.15, -0.1) is 0 Å². The monoisotopic (exact) mass is 480 g/mol. The lowest BCUT2D eigenvalue weighted by molar-refractivity contribution is -0.137. The summed E-state index contributed by atoms with van der Waals surface area (Å²) >= 11 is 6.65. The summed E-state index contributed by atoms with van der Waals surface area (Å²) < 4.78 is 4.96. The molecule has 35 heavy (non-hydrogen) atoms. The molecule has 5 heteroatoms. The molecule has 1 N–H and O–H groups in total. The fourth-order valence-corrected chi connectivity index (χ4v) is 4.44. The fourth-order valence-electron chi connectivity index (χ4n) is 4.15. The molecule has 0 unspecified atom stereocenters. The van der Waals surface area contributed by atoms with Gasteiger partial charge in [0.2, 0.25) is 0 Å². The molecule has 0 bridgehead atoms. The summed E-state index contributed by atoms with van der Waals surface area (Å²) in [4.78, 5) is 15.2. The van der Waals surface area contributed by atoms with E-state index in [1.807, 2.05) is 42.5 Å². The number of nitrogens with zero attached hydrogens (tertiary/aromatic N) is 1. The number of nitrogens with one attached hydrogen (secondary N) is 1. The van der Waals surface area contributed by atoms with Crippen LogP contribution in [0.3, 0.4) is 0 Å². The van der Waals surface area contributed by atoms with Crippen molar-refractivity contribution < 1.29 is 9.53 Å². The Kier molecular flexibility index (Phi) is 7.50. The predicted octanol–water partition coefficient (Wildman–Crippen LogP) is 7.64. The van der Waals surface area contributed by atoms with E-state index in [0.29, 0.717) is 17.2 Å². The van der Waals surface area contributed by atoms with Crippen molar-refractivity contribution in [1.29, 1.82) is 5.26 Å². The molecule has 0 radical (unpaired) electrons. The van der Waals surface area contributed by atoms with Gasteiger partial charge in [-0.2, -0.15) is 5.26 Å². The highest BCUT2D eigenvalue weighted by molar-refractivity contribution is 6.33. The van der Waals surface area contributed by atoms with Crippen molar-refractivity contribution in [2.75, 3.05) is 6.61 Å². The minimum atomic E-state index is -0.362. The molecule has 0 saturated heterocycles. The zero-order valence-electron chi connectivity index (χ0n) is 19.6. The number of halogens is 1. The van der Waals surface area contributed by atoms with Crippen LogP contribution in [0.25, 0.3) is 28.1 Å². The average molecular weight is 481 g/mol. The van der Waals surface area contributed by atoms with Crippen molar-refractivity contribution in [3.63, 3.8) is 0 Å². The number of nitriles is 1. The molecule has 174 valence electrons. The first-order chi connectivity index (χ1) is 17.0. The van der Waals surface area contributed by atoms with Crippen molar-refractivity contribution in [3.8, 4) is 6.07 Å². The maximum Gasteiger partial charge on any atom is 0.330 e. The first kappa shape index (κ1) is 24.1. The smallest absolute Gasteiger partial charge is 0.330 e. The van der Waals surface area contributed by atoms with Gasteiger partial charge in [-0.3, -0.25) is 0 Å². The van der Waals surface area contributed by atoms with Crippen LogP contribution in [0.4, 0.5) is 0 Å². The summed E-state index contributed by atoms with van der Waals surface area (Å²) in [5.74, 6) is -0.362. The standard InChI is InChI=1S/C30H25ClN2O2/c1-3-24(25-15-11-21(19-32)17-26(25)31)30(28-18-23-7-5-6-8-27(23)33-28)22-13-9-20(10-14-22)12-16-29(34)35-4-2/h5-18,33H,3-4H2,1-2H3/b16-12+,30-24+. The van der Waals surface area contributed by atoms with Crippen molar-refractivity contribution in [3.05, 3.63) is 112 Å². The highest BCUT2D eigenvalue weighted by Gasteiger charge is 2.17. The van der Waals surface area contributed by atoms with Gasteiger partial charge < -0.3 is 9.72 Å². The van der Waals surface area contributed by atoms with E-state index in [0.717, 1.165) is 50.9 Å². The normalized spacial score (nSPS) is 11.9. The minimum absolute atomic E-state index is 0.346. The van der Waals surface area contributed by atoms with Crippen LogP contribution in [-0.4, -0.2) is 17.6 Å². The summed E-state index contributed by atoms with van der Waals surface area (Å²) in [5.41, 5.74) is 7.48. The van der Waals surface area contributed by atoms with E-state index in [1.165, 1.54) is 6.08 Å². The highest BCUT2D eigenvalue weighted by atomic mass is 35.5. The lowest BCUT2D eigenvalue weighted by atomic mass is 9.90. The molecule has 4 aromatic rings. The van der Waals surface area contributed by atoms with Gasteiger partial charge in [0.1, 0.15) is 0 Å². The van der Waals surface area contributed by atoms with E-state index in [1.54, 1.807) is 25.1 Å². The number of hydrogen-bond donors (Lipinski definition) is 1. The third-order valence-corrected chi connectivity index (χ3v) is 6.09. The molecule has 0 atom stereocenters. The van der Waals surface area contributed by atoms with Crippen LogP contribution in [0.2, 0.25) is 5.02 Å². The van der Waals surface area contributed by atoms with E-state index in [4.69, 9.17) is 16.3 Å². The minimum Gasteiger partial charge on any atom is -0.463 e. The van der Waals surface area contributed by atoms with Crippen molar-refractivity contribution in [2.45, 2.75) is 20.3 Å². The van der Waals surface area contributed by atoms with Crippen LogP contribution in [0.5, 0.6) is 0 Å². The Balaban J connectivity index is 1.87. The van der Waals surface area contributed by atoms with Gasteiger partial charge >= 0.3 is 5.97 Å². The maximum atomic E-state index is 11.7. The first-order valence-electron chi connectivity index (χ1n) is 11.5. The molecule has 0 spiro atoms. The van der Waals surface area contributed by atoms with Crippen LogP contribution in [0, 0.1) is 11.3 Å². The fraction of sp³-hybridized carbons (Fsp3) is 0.133. The number of ether oxygens (including phenoxy) is 1. The number of fused-ring (bicyclic) bond motifs is 1. The number of para-hydroxylation sites is 1. The van der Waals surface area contributed by atoms with Gasteiger partial charge in [0.15, 0.2) is 0 Å². The second-order valence-electron chi connectivity index (χ2n) is 7.99. The molecule has 1 heterocycles. The Morgan fingerprint density at radius 2 is 1.83 bits per heavy atom. The molecule has 0 fully saturated rings. The molecule has 0 aliphatic heterocycles. The predicted molar refractivity (Wildman–Crippen MR) is 143 cm³/mol. The van der Waals surface area contributed by atoms with E-state index in [-0.39, 0.29) is 5.97 Å². The van der Waals surface area contributed by atoms with E-state index < -0.39 is 0 Å². The highest BCUT2D eigenvalue weighted by Crippen LogP contribution is 2.38. The van der Waals surface area contributed by atoms with Crippen LogP contribution in [0.15, 0.2) is 78.9 Å². The number of hydrogen-bond acceptors (Lipinski definition) is 3. The largest absolute Gasteiger partial charge is 0.463 e. The summed E-state index contributed by atoms with van der Waals surface area (Å²) in [7, 11) is 0. The molecule has 4 rings (SSSR count). The third-order valence-electron chi connectivity index (χ3n) is 5.78. The lowest BCUT2D eigenvalue weighted by Crippen LogP contribution is -1.98. The number of allylic oxidation sites excluding steroid dienone is 1. The lowest BCUT2D eigenvalue weighted by Gasteiger charge is -2.16. The van der Waals surface area contributed by atoms with Crippen molar-refractivity contribution in [2.24, 2.45) is 0 Å². The Morgan fingerprint density at radius 3 is 2.49 bits per heavy atom. The van der Waals surface area contributed by atoms with Crippen molar-refractivity contribution >= 4 is 45.7 Å². The molecule has 0 aliphatic carbocycles. The maximum absolute atomic E-state index is 11.7. The number of rotatable bonds is 7. The van der Waals surface area contributed by atoms with Crippen LogP contribution >= 0.6 is 11.6 Å². The van der Waals surface area contributed by atoms with E-state index in [9.17, 15) is 10.1 Å². The molecule has 0 saturated carbocycles. The van der Waals surface area contributed by atoms with Gasteiger partial charge in [-0.05, 0) is 65.9 Å². The van der Waals surface area contributed by atoms with Crippen LogP contribution < -0.4 is 0 Å². The Morgan fingerprint density at radius 1 is 1.06 bits per heavy atom. The van der Waals surface area contributed by atoms with E-state index in [2.05, 4.69) is 36.2 Å².